The van der Waals surface area contributed by atoms with E-state index in [-0.39, 0.29) is 6.10 Å². The Balaban J connectivity index is 2.21. The zero-order valence-corrected chi connectivity index (χ0v) is 10.9. The lowest BCUT2D eigenvalue weighted by atomic mass is 10.1. The average Bonchev–Trinajstić information content (AvgIpc) is 2.74. The Morgan fingerprint density at radius 2 is 2.41 bits per heavy atom. The monoisotopic (exact) mass is 251 g/mol. The molecule has 1 aliphatic heterocycles. The van der Waals surface area contributed by atoms with E-state index in [1.54, 1.807) is 6.20 Å². The van der Waals surface area contributed by atoms with Crippen molar-refractivity contribution in [1.82, 2.24) is 4.98 Å². The number of aromatic nitrogens is 1. The van der Waals surface area contributed by atoms with Crippen LogP contribution in [-0.2, 0) is 4.74 Å². The van der Waals surface area contributed by atoms with Crippen LogP contribution in [0.15, 0.2) is 18.3 Å². The molecule has 17 heavy (non-hydrogen) atoms. The molecular weight excluding hydrogens is 234 g/mol. The van der Waals surface area contributed by atoms with Gasteiger partial charge in [0.15, 0.2) is 0 Å². The van der Waals surface area contributed by atoms with E-state index in [2.05, 4.69) is 16.8 Å². The van der Waals surface area contributed by atoms with Crippen LogP contribution in [-0.4, -0.2) is 35.8 Å². The number of anilines is 1. The molecule has 0 amide bonds. The number of ether oxygens (including phenoxy) is 1. The van der Waals surface area contributed by atoms with Crippen LogP contribution in [0.2, 0.25) is 0 Å². The highest BCUT2D eigenvalue weighted by molar-refractivity contribution is 7.80. The van der Waals surface area contributed by atoms with Crippen LogP contribution >= 0.6 is 12.2 Å². The third kappa shape index (κ3) is 2.56. The Bertz CT molecular complexity index is 424. The van der Waals surface area contributed by atoms with Crippen molar-refractivity contribution in [2.24, 2.45) is 5.73 Å². The van der Waals surface area contributed by atoms with E-state index in [4.69, 9.17) is 22.7 Å². The smallest absolute Gasteiger partial charge is 0.129 e. The molecule has 1 aromatic heterocycles. The summed E-state index contributed by atoms with van der Waals surface area (Å²) in [6, 6.07) is 4.12. The topological polar surface area (TPSA) is 51.4 Å². The molecule has 5 heteroatoms. The van der Waals surface area contributed by atoms with Crippen molar-refractivity contribution in [1.29, 1.82) is 0 Å². The molecule has 2 atom stereocenters. The van der Waals surface area contributed by atoms with Gasteiger partial charge in [-0.2, -0.15) is 0 Å². The maximum absolute atomic E-state index is 5.62. The summed E-state index contributed by atoms with van der Waals surface area (Å²) in [7, 11) is 2.03. The second kappa shape index (κ2) is 4.98. The van der Waals surface area contributed by atoms with Crippen molar-refractivity contribution in [3.05, 3.63) is 23.9 Å². The van der Waals surface area contributed by atoms with Gasteiger partial charge in [0.05, 0.1) is 12.1 Å². The molecule has 0 bridgehead atoms. The molecule has 0 saturated carbocycles. The fourth-order valence-electron chi connectivity index (χ4n) is 2.16. The molecule has 1 fully saturated rings. The van der Waals surface area contributed by atoms with Gasteiger partial charge >= 0.3 is 0 Å². The van der Waals surface area contributed by atoms with Crippen LogP contribution in [0.4, 0.5) is 5.82 Å². The minimum atomic E-state index is 0.232. The standard InChI is InChI=1S/C12H17N3OS/c1-8-10(4-6-16-8)15(2)11-7-9(12(13)17)3-5-14-11/h3,5,7-8,10H,4,6H2,1-2H3,(H2,13,17). The number of pyridine rings is 1. The maximum Gasteiger partial charge on any atom is 0.129 e. The first-order valence-electron chi connectivity index (χ1n) is 5.70. The van der Waals surface area contributed by atoms with E-state index >= 15 is 0 Å². The molecule has 2 heterocycles. The van der Waals surface area contributed by atoms with Crippen molar-refractivity contribution >= 4 is 23.0 Å². The Labute approximate surface area is 107 Å². The largest absolute Gasteiger partial charge is 0.389 e. The molecule has 2 unspecified atom stereocenters. The first kappa shape index (κ1) is 12.3. The van der Waals surface area contributed by atoms with E-state index in [0.717, 1.165) is 24.4 Å². The molecular formula is C12H17N3OS. The number of nitrogens with two attached hydrogens (primary N) is 1. The van der Waals surface area contributed by atoms with Crippen molar-refractivity contribution < 1.29 is 4.74 Å². The fraction of sp³-hybridized carbons (Fsp3) is 0.500. The van der Waals surface area contributed by atoms with Crippen molar-refractivity contribution in [3.63, 3.8) is 0 Å². The van der Waals surface area contributed by atoms with Crippen LogP contribution < -0.4 is 10.6 Å². The van der Waals surface area contributed by atoms with Crippen LogP contribution in [0.25, 0.3) is 0 Å². The van der Waals surface area contributed by atoms with Crippen LogP contribution in [0, 0.1) is 0 Å². The van der Waals surface area contributed by atoms with Crippen LogP contribution in [0.1, 0.15) is 18.9 Å². The zero-order chi connectivity index (χ0) is 12.4. The Hall–Kier alpha value is -1.20. The minimum Gasteiger partial charge on any atom is -0.389 e. The molecule has 1 aromatic rings. The van der Waals surface area contributed by atoms with Gasteiger partial charge in [0.25, 0.3) is 0 Å². The summed E-state index contributed by atoms with van der Waals surface area (Å²) in [5.74, 6) is 0.887. The molecule has 0 radical (unpaired) electrons. The van der Waals surface area contributed by atoms with Gasteiger partial charge < -0.3 is 15.4 Å². The third-order valence-electron chi connectivity index (χ3n) is 3.23. The molecule has 4 nitrogen and oxygen atoms in total. The zero-order valence-electron chi connectivity index (χ0n) is 10.1. The minimum absolute atomic E-state index is 0.232. The summed E-state index contributed by atoms with van der Waals surface area (Å²) >= 11 is 4.97. The van der Waals surface area contributed by atoms with Gasteiger partial charge in [-0.1, -0.05) is 12.2 Å². The summed E-state index contributed by atoms with van der Waals surface area (Å²) in [6.45, 7) is 2.90. The predicted octanol–water partition coefficient (Wildman–Crippen LogP) is 1.33. The van der Waals surface area contributed by atoms with Gasteiger partial charge in [-0.15, -0.1) is 0 Å². The average molecular weight is 251 g/mol. The Morgan fingerprint density at radius 3 is 3.00 bits per heavy atom. The maximum atomic E-state index is 5.62. The summed E-state index contributed by atoms with van der Waals surface area (Å²) in [6.07, 6.45) is 2.99. The molecule has 1 saturated heterocycles. The first-order valence-corrected chi connectivity index (χ1v) is 6.10. The lowest BCUT2D eigenvalue weighted by molar-refractivity contribution is 0.118. The Morgan fingerprint density at radius 1 is 1.65 bits per heavy atom. The summed E-state index contributed by atoms with van der Waals surface area (Å²) in [4.78, 5) is 6.89. The molecule has 92 valence electrons. The summed E-state index contributed by atoms with van der Waals surface area (Å²) in [5.41, 5.74) is 6.47. The predicted molar refractivity (Wildman–Crippen MR) is 72.3 cm³/mol. The number of likely N-dealkylation sites (N-methyl/N-ethyl adjacent to an activating group) is 1. The highest BCUT2D eigenvalue weighted by atomic mass is 32.1. The quantitative estimate of drug-likeness (QED) is 0.821. The molecule has 0 spiro atoms. The lowest BCUT2D eigenvalue weighted by Crippen LogP contribution is -2.37. The molecule has 2 N–H and O–H groups in total. The van der Waals surface area contributed by atoms with Gasteiger partial charge in [-0.05, 0) is 25.5 Å². The van der Waals surface area contributed by atoms with Crippen molar-refractivity contribution in [2.75, 3.05) is 18.6 Å². The number of hydrogen-bond acceptors (Lipinski definition) is 4. The SMILES string of the molecule is CC1OCCC1N(C)c1cc(C(N)=S)ccn1. The normalized spacial score (nSPS) is 23.6. The van der Waals surface area contributed by atoms with Crippen LogP contribution in [0.3, 0.4) is 0 Å². The van der Waals surface area contributed by atoms with E-state index in [1.807, 2.05) is 19.2 Å². The molecule has 1 aliphatic rings. The van der Waals surface area contributed by atoms with Gasteiger partial charge in [0, 0.05) is 25.4 Å². The van der Waals surface area contributed by atoms with E-state index in [1.165, 1.54) is 0 Å². The first-order chi connectivity index (χ1) is 8.09. The highest BCUT2D eigenvalue weighted by Gasteiger charge is 2.28. The second-order valence-electron chi connectivity index (χ2n) is 4.31. The molecule has 0 aromatic carbocycles. The molecule has 0 aliphatic carbocycles. The highest BCUT2D eigenvalue weighted by Crippen LogP contribution is 2.23. The third-order valence-corrected chi connectivity index (χ3v) is 3.46. The number of nitrogens with zero attached hydrogens (tertiary/aromatic N) is 2. The van der Waals surface area contributed by atoms with Crippen molar-refractivity contribution in [3.8, 4) is 0 Å². The second-order valence-corrected chi connectivity index (χ2v) is 4.75. The number of hydrogen-bond donors (Lipinski definition) is 1. The lowest BCUT2D eigenvalue weighted by Gasteiger charge is -2.27. The number of thiocarbonyl (C=S) groups is 1. The fourth-order valence-corrected chi connectivity index (χ4v) is 2.29. The van der Waals surface area contributed by atoms with Gasteiger partial charge in [-0.3, -0.25) is 0 Å². The summed E-state index contributed by atoms with van der Waals surface area (Å²) in [5, 5.41) is 0. The van der Waals surface area contributed by atoms with Crippen LogP contribution in [0.5, 0.6) is 0 Å². The van der Waals surface area contributed by atoms with Gasteiger partial charge in [-0.25, -0.2) is 4.98 Å². The molecule has 2 rings (SSSR count). The van der Waals surface area contributed by atoms with Crippen molar-refractivity contribution in [2.45, 2.75) is 25.5 Å². The van der Waals surface area contributed by atoms with Gasteiger partial charge in [0.1, 0.15) is 10.8 Å². The Kier molecular flexibility index (Phi) is 3.59. The van der Waals surface area contributed by atoms with E-state index in [0.29, 0.717) is 11.0 Å². The summed E-state index contributed by atoms with van der Waals surface area (Å²) < 4.78 is 5.57. The van der Waals surface area contributed by atoms with E-state index < -0.39 is 0 Å². The van der Waals surface area contributed by atoms with Gasteiger partial charge in [0.2, 0.25) is 0 Å². The number of rotatable bonds is 3. The van der Waals surface area contributed by atoms with E-state index in [9.17, 15) is 0 Å².